The van der Waals surface area contributed by atoms with E-state index in [1.165, 1.54) is 11.3 Å². The number of hydrogen-bond acceptors (Lipinski definition) is 3. The molecule has 0 aliphatic carbocycles. The number of hydrogen-bond donors (Lipinski definition) is 1. The molecule has 0 atom stereocenters. The van der Waals surface area contributed by atoms with Crippen LogP contribution in [0.4, 0.5) is 0 Å². The molecule has 0 radical (unpaired) electrons. The molecule has 1 aromatic heterocycles. The molecule has 0 fully saturated rings. The summed E-state index contributed by atoms with van der Waals surface area (Å²) in [6.07, 6.45) is 0. The van der Waals surface area contributed by atoms with Gasteiger partial charge in [0.1, 0.15) is 0 Å². The van der Waals surface area contributed by atoms with Gasteiger partial charge in [-0.05, 0) is 33.6 Å². The zero-order valence-corrected chi connectivity index (χ0v) is 14.4. The summed E-state index contributed by atoms with van der Waals surface area (Å²) in [7, 11) is 0. The summed E-state index contributed by atoms with van der Waals surface area (Å²) in [6, 6.07) is 5.39. The van der Waals surface area contributed by atoms with E-state index in [0.29, 0.717) is 9.90 Å². The standard InChI is InChI=1S/C14H13BrClNO2S/c1-14(2,3)13-17-10(12(18)19)11(20-13)7-4-5-8(15)9(16)6-7/h4-6H,1-3H3,(H,18,19). The van der Waals surface area contributed by atoms with Crippen molar-refractivity contribution in [2.24, 2.45) is 0 Å². The molecule has 20 heavy (non-hydrogen) atoms. The minimum atomic E-state index is -1.02. The summed E-state index contributed by atoms with van der Waals surface area (Å²) < 4.78 is 0.778. The van der Waals surface area contributed by atoms with Crippen LogP contribution in [0.1, 0.15) is 36.3 Å². The fourth-order valence-electron chi connectivity index (χ4n) is 1.62. The van der Waals surface area contributed by atoms with Crippen LogP contribution in [0, 0.1) is 0 Å². The fourth-order valence-corrected chi connectivity index (χ4v) is 3.16. The number of aromatic carboxylic acids is 1. The van der Waals surface area contributed by atoms with Crippen molar-refractivity contribution in [2.75, 3.05) is 0 Å². The molecule has 0 saturated heterocycles. The molecule has 1 heterocycles. The number of benzene rings is 1. The molecule has 6 heteroatoms. The largest absolute Gasteiger partial charge is 0.476 e. The molecule has 0 bridgehead atoms. The molecular weight excluding hydrogens is 362 g/mol. The number of halogens is 2. The molecule has 3 nitrogen and oxygen atoms in total. The first-order valence-corrected chi connectivity index (χ1v) is 7.89. The minimum absolute atomic E-state index is 0.0818. The van der Waals surface area contributed by atoms with Crippen LogP contribution < -0.4 is 0 Å². The third-order valence-electron chi connectivity index (χ3n) is 2.65. The van der Waals surface area contributed by atoms with Crippen LogP contribution in [0.2, 0.25) is 5.02 Å². The molecule has 0 saturated carbocycles. The summed E-state index contributed by atoms with van der Waals surface area (Å²) in [5, 5.41) is 10.7. The first-order valence-electron chi connectivity index (χ1n) is 5.90. The minimum Gasteiger partial charge on any atom is -0.476 e. The smallest absolute Gasteiger partial charge is 0.356 e. The van der Waals surface area contributed by atoms with E-state index < -0.39 is 5.97 Å². The van der Waals surface area contributed by atoms with Crippen molar-refractivity contribution in [1.29, 1.82) is 0 Å². The Balaban J connectivity index is 2.63. The molecule has 1 aromatic carbocycles. The molecule has 0 unspecified atom stereocenters. The fraction of sp³-hybridized carbons (Fsp3) is 0.286. The van der Waals surface area contributed by atoms with Crippen LogP contribution in [-0.2, 0) is 5.41 Å². The van der Waals surface area contributed by atoms with E-state index in [1.54, 1.807) is 12.1 Å². The van der Waals surface area contributed by atoms with Gasteiger partial charge in [-0.1, -0.05) is 38.4 Å². The lowest BCUT2D eigenvalue weighted by atomic mass is 9.98. The maximum atomic E-state index is 11.4. The molecule has 0 aliphatic rings. The highest BCUT2D eigenvalue weighted by molar-refractivity contribution is 9.10. The first kappa shape index (κ1) is 15.5. The highest BCUT2D eigenvalue weighted by Crippen LogP contribution is 2.38. The lowest BCUT2D eigenvalue weighted by Crippen LogP contribution is -2.11. The third-order valence-corrected chi connectivity index (χ3v) is 5.42. The molecule has 2 aromatic rings. The average Bonchev–Trinajstić information content (AvgIpc) is 2.77. The second kappa shape index (κ2) is 5.47. The van der Waals surface area contributed by atoms with Crippen molar-refractivity contribution in [3.05, 3.63) is 38.4 Å². The summed E-state index contributed by atoms with van der Waals surface area (Å²) in [4.78, 5) is 16.3. The average molecular weight is 375 g/mol. The van der Waals surface area contributed by atoms with Crippen molar-refractivity contribution in [2.45, 2.75) is 26.2 Å². The van der Waals surface area contributed by atoms with E-state index in [1.807, 2.05) is 26.8 Å². The second-order valence-corrected chi connectivity index (χ2v) is 7.64. The van der Waals surface area contributed by atoms with Gasteiger partial charge in [0.05, 0.1) is 14.9 Å². The van der Waals surface area contributed by atoms with E-state index in [9.17, 15) is 9.90 Å². The summed E-state index contributed by atoms with van der Waals surface area (Å²) in [5.41, 5.74) is 0.661. The van der Waals surface area contributed by atoms with E-state index >= 15 is 0 Å². The van der Waals surface area contributed by atoms with Gasteiger partial charge in [0, 0.05) is 9.89 Å². The van der Waals surface area contributed by atoms with E-state index in [4.69, 9.17) is 11.6 Å². The predicted octanol–water partition coefficient (Wildman–Crippen LogP) is 5.22. The Morgan fingerprint density at radius 1 is 1.40 bits per heavy atom. The summed E-state index contributed by atoms with van der Waals surface area (Å²) in [5.74, 6) is -1.02. The van der Waals surface area contributed by atoms with Crippen molar-refractivity contribution < 1.29 is 9.90 Å². The summed E-state index contributed by atoms with van der Waals surface area (Å²) in [6.45, 7) is 6.03. The highest BCUT2D eigenvalue weighted by atomic mass is 79.9. The Labute approximate surface area is 134 Å². The number of aromatic nitrogens is 1. The zero-order chi connectivity index (χ0) is 15.1. The Morgan fingerprint density at radius 3 is 2.55 bits per heavy atom. The molecule has 0 aliphatic heterocycles. The molecule has 2 rings (SSSR count). The van der Waals surface area contributed by atoms with Gasteiger partial charge >= 0.3 is 5.97 Å². The van der Waals surface area contributed by atoms with Gasteiger partial charge < -0.3 is 5.11 Å². The number of thiazole rings is 1. The molecular formula is C14H13BrClNO2S. The first-order chi connectivity index (χ1) is 9.20. The van der Waals surface area contributed by atoms with Gasteiger partial charge in [-0.3, -0.25) is 0 Å². The number of carboxylic acid groups (broad SMARTS) is 1. The van der Waals surface area contributed by atoms with Gasteiger partial charge in [-0.25, -0.2) is 9.78 Å². The van der Waals surface area contributed by atoms with Crippen molar-refractivity contribution in [3.63, 3.8) is 0 Å². The Bertz CT molecular complexity index is 676. The summed E-state index contributed by atoms with van der Waals surface area (Å²) >= 11 is 10.8. The lowest BCUT2D eigenvalue weighted by Gasteiger charge is -2.13. The van der Waals surface area contributed by atoms with Crippen molar-refractivity contribution in [3.8, 4) is 10.4 Å². The van der Waals surface area contributed by atoms with E-state index in [0.717, 1.165) is 15.0 Å². The topological polar surface area (TPSA) is 50.2 Å². The van der Waals surface area contributed by atoms with E-state index in [2.05, 4.69) is 20.9 Å². The van der Waals surface area contributed by atoms with E-state index in [-0.39, 0.29) is 11.1 Å². The van der Waals surface area contributed by atoms with Crippen LogP contribution in [0.25, 0.3) is 10.4 Å². The van der Waals surface area contributed by atoms with Gasteiger partial charge in [0.25, 0.3) is 0 Å². The zero-order valence-electron chi connectivity index (χ0n) is 11.2. The van der Waals surface area contributed by atoms with Crippen molar-refractivity contribution >= 4 is 44.8 Å². The van der Waals surface area contributed by atoms with Crippen LogP contribution in [-0.4, -0.2) is 16.1 Å². The molecule has 1 N–H and O–H groups in total. The molecule has 0 amide bonds. The Morgan fingerprint density at radius 2 is 2.05 bits per heavy atom. The molecule has 0 spiro atoms. The van der Waals surface area contributed by atoms with Gasteiger partial charge in [0.2, 0.25) is 0 Å². The van der Waals surface area contributed by atoms with Crippen LogP contribution in [0.15, 0.2) is 22.7 Å². The van der Waals surface area contributed by atoms with Crippen LogP contribution in [0.3, 0.4) is 0 Å². The number of rotatable bonds is 2. The molecule has 106 valence electrons. The van der Waals surface area contributed by atoms with Crippen molar-refractivity contribution in [1.82, 2.24) is 4.98 Å². The lowest BCUT2D eigenvalue weighted by molar-refractivity contribution is 0.0692. The second-order valence-electron chi connectivity index (χ2n) is 5.38. The van der Waals surface area contributed by atoms with Gasteiger partial charge in [-0.15, -0.1) is 11.3 Å². The SMILES string of the molecule is CC(C)(C)c1nc(C(=O)O)c(-c2ccc(Br)c(Cl)c2)s1. The number of carboxylic acids is 1. The normalized spacial score (nSPS) is 11.7. The Kier molecular flexibility index (Phi) is 4.23. The van der Waals surface area contributed by atoms with Crippen LogP contribution >= 0.6 is 38.9 Å². The number of nitrogens with zero attached hydrogens (tertiary/aromatic N) is 1. The predicted molar refractivity (Wildman–Crippen MR) is 85.9 cm³/mol. The van der Waals surface area contributed by atoms with Gasteiger partial charge in [-0.2, -0.15) is 0 Å². The van der Waals surface area contributed by atoms with Gasteiger partial charge in [0.15, 0.2) is 5.69 Å². The Hall–Kier alpha value is -0.910. The highest BCUT2D eigenvalue weighted by Gasteiger charge is 2.25. The monoisotopic (exact) mass is 373 g/mol. The maximum absolute atomic E-state index is 11.4. The maximum Gasteiger partial charge on any atom is 0.356 e. The number of carbonyl (C=O) groups is 1. The quantitative estimate of drug-likeness (QED) is 0.784. The third kappa shape index (κ3) is 3.05. The van der Waals surface area contributed by atoms with Crippen LogP contribution in [0.5, 0.6) is 0 Å².